The lowest BCUT2D eigenvalue weighted by molar-refractivity contribution is 0.297. The Morgan fingerprint density at radius 3 is 2.62 bits per heavy atom. The van der Waals surface area contributed by atoms with E-state index in [1.54, 1.807) is 34.6 Å². The maximum absolute atomic E-state index is 13.6. The molecule has 6 nitrogen and oxygen atoms in total. The van der Waals surface area contributed by atoms with Crippen LogP contribution in [-0.4, -0.2) is 24.3 Å². The van der Waals surface area contributed by atoms with Gasteiger partial charge in [0.1, 0.15) is 23.1 Å². The minimum atomic E-state index is -3.73. The van der Waals surface area contributed by atoms with E-state index < -0.39 is 10.0 Å². The van der Waals surface area contributed by atoms with Gasteiger partial charge in [0.05, 0.1) is 16.0 Å². The van der Waals surface area contributed by atoms with Gasteiger partial charge < -0.3 is 9.72 Å². The average Bonchev–Trinajstić information content (AvgIpc) is 3.23. The Balaban J connectivity index is 1.44. The van der Waals surface area contributed by atoms with E-state index in [1.165, 1.54) is 17.7 Å². The Morgan fingerprint density at radius 1 is 1.12 bits per heavy atom. The van der Waals surface area contributed by atoms with Gasteiger partial charge in [0, 0.05) is 23.1 Å². The first-order valence-electron chi connectivity index (χ1n) is 11.0. The lowest BCUT2D eigenvalue weighted by Crippen LogP contribution is -2.39. The predicted octanol–water partition coefficient (Wildman–Crippen LogP) is 6.18. The molecule has 0 aliphatic carbocycles. The summed E-state index contributed by atoms with van der Waals surface area (Å²) in [6.07, 6.45) is 1.31. The number of hydrogen-bond donors (Lipinski definition) is 1. The van der Waals surface area contributed by atoms with E-state index in [1.807, 2.05) is 31.2 Å². The molecule has 1 atom stereocenters. The van der Waals surface area contributed by atoms with Crippen LogP contribution in [-0.2, 0) is 16.4 Å². The van der Waals surface area contributed by atoms with Gasteiger partial charge in [-0.1, -0.05) is 42.8 Å². The van der Waals surface area contributed by atoms with Gasteiger partial charge in [0.2, 0.25) is 10.0 Å². The number of nitrogens with zero attached hydrogens (tertiary/aromatic N) is 2. The highest BCUT2D eigenvalue weighted by Gasteiger charge is 2.37. The zero-order chi connectivity index (χ0) is 23.9. The number of para-hydroxylation sites is 1. The van der Waals surface area contributed by atoms with Gasteiger partial charge in [-0.3, -0.25) is 0 Å². The summed E-state index contributed by atoms with van der Waals surface area (Å²) in [6, 6.07) is 21.1. The second kappa shape index (κ2) is 8.80. The zero-order valence-electron chi connectivity index (χ0n) is 18.5. The third-order valence-electron chi connectivity index (χ3n) is 6.24. The molecule has 0 fully saturated rings. The molecule has 0 radical (unpaired) electrons. The molecule has 172 valence electrons. The normalized spacial score (nSPS) is 16.2. The predicted molar refractivity (Wildman–Crippen MR) is 132 cm³/mol. The molecule has 0 saturated heterocycles. The Hall–Kier alpha value is -3.31. The summed E-state index contributed by atoms with van der Waals surface area (Å²) in [5.41, 5.74) is 3.44. The van der Waals surface area contributed by atoms with E-state index in [4.69, 9.17) is 16.3 Å². The van der Waals surface area contributed by atoms with Crippen molar-refractivity contribution in [3.8, 4) is 17.6 Å². The Kier molecular flexibility index (Phi) is 5.82. The molecule has 0 saturated carbocycles. The molecule has 4 aromatic rings. The molecule has 2 heterocycles. The monoisotopic (exact) mass is 491 g/mol. The number of aromatic nitrogens is 1. The summed E-state index contributed by atoms with van der Waals surface area (Å²) in [7, 11) is -3.73. The van der Waals surface area contributed by atoms with Crippen LogP contribution in [0.2, 0.25) is 5.02 Å². The lowest BCUT2D eigenvalue weighted by Gasteiger charge is -2.34. The summed E-state index contributed by atoms with van der Waals surface area (Å²) in [6.45, 7) is 2.42. The fourth-order valence-corrected chi connectivity index (χ4v) is 6.51. The summed E-state index contributed by atoms with van der Waals surface area (Å²) >= 11 is 6.07. The minimum absolute atomic E-state index is 0.199. The molecule has 0 bridgehead atoms. The first kappa shape index (κ1) is 22.5. The van der Waals surface area contributed by atoms with Crippen LogP contribution in [0.5, 0.6) is 11.5 Å². The van der Waals surface area contributed by atoms with Crippen molar-refractivity contribution in [3.05, 3.63) is 88.6 Å². The number of rotatable bonds is 5. The Morgan fingerprint density at radius 2 is 1.88 bits per heavy atom. The smallest absolute Gasteiger partial charge is 0.243 e. The number of nitriles is 1. The lowest BCUT2D eigenvalue weighted by atomic mass is 9.98. The van der Waals surface area contributed by atoms with Crippen LogP contribution in [0.15, 0.2) is 71.6 Å². The van der Waals surface area contributed by atoms with Crippen LogP contribution < -0.4 is 4.74 Å². The van der Waals surface area contributed by atoms with E-state index in [2.05, 4.69) is 11.1 Å². The van der Waals surface area contributed by atoms with E-state index in [9.17, 15) is 13.7 Å². The summed E-state index contributed by atoms with van der Waals surface area (Å²) in [5.74, 6) is 0.736. The summed E-state index contributed by atoms with van der Waals surface area (Å²) in [4.78, 5) is 3.66. The third kappa shape index (κ3) is 3.74. The number of nitrogens with one attached hydrogen (secondary N) is 1. The van der Waals surface area contributed by atoms with E-state index in [0.717, 1.165) is 16.6 Å². The summed E-state index contributed by atoms with van der Waals surface area (Å²) in [5, 5.41) is 10.8. The van der Waals surface area contributed by atoms with Gasteiger partial charge in [-0.15, -0.1) is 0 Å². The average molecular weight is 492 g/mol. The first-order valence-corrected chi connectivity index (χ1v) is 12.8. The number of aromatic amines is 1. The Bertz CT molecular complexity index is 1520. The molecule has 0 spiro atoms. The van der Waals surface area contributed by atoms with Gasteiger partial charge in [-0.25, -0.2) is 8.42 Å². The van der Waals surface area contributed by atoms with Crippen molar-refractivity contribution < 1.29 is 13.2 Å². The van der Waals surface area contributed by atoms with Crippen LogP contribution in [0.3, 0.4) is 0 Å². The number of sulfonamides is 1. The van der Waals surface area contributed by atoms with Crippen LogP contribution >= 0.6 is 11.6 Å². The van der Waals surface area contributed by atoms with Gasteiger partial charge in [-0.05, 0) is 60.9 Å². The quantitative estimate of drug-likeness (QED) is 0.361. The van der Waals surface area contributed by atoms with Gasteiger partial charge in [0.25, 0.3) is 0 Å². The highest BCUT2D eigenvalue weighted by molar-refractivity contribution is 7.89. The fourth-order valence-electron chi connectivity index (χ4n) is 4.63. The molecule has 1 aliphatic heterocycles. The second-order valence-electron chi connectivity index (χ2n) is 8.15. The van der Waals surface area contributed by atoms with Crippen molar-refractivity contribution >= 4 is 32.5 Å². The number of H-pyrrole nitrogens is 1. The second-order valence-corrected chi connectivity index (χ2v) is 10.4. The molecule has 1 unspecified atom stereocenters. The maximum atomic E-state index is 13.6. The topological polar surface area (TPSA) is 86.2 Å². The van der Waals surface area contributed by atoms with E-state index >= 15 is 0 Å². The van der Waals surface area contributed by atoms with Crippen molar-refractivity contribution in [3.63, 3.8) is 0 Å². The fraction of sp³-hybridized carbons (Fsp3) is 0.192. The standard InChI is InChI=1S/C26H22ClN3O3S/c1-2-24-26-20(19-6-3-4-8-23(19)29-26)14-15-30(24)34(31,32)18-12-10-17(11-13-18)33-25-9-5-7-22(27)21(25)16-28/h3-13,24,29H,2,14-15H2,1H3. The molecule has 1 aromatic heterocycles. The zero-order valence-corrected chi connectivity index (χ0v) is 20.0. The third-order valence-corrected chi connectivity index (χ3v) is 8.48. The maximum Gasteiger partial charge on any atom is 0.243 e. The molecule has 8 heteroatoms. The van der Waals surface area contributed by atoms with Crippen molar-refractivity contribution in [2.75, 3.05) is 6.54 Å². The van der Waals surface area contributed by atoms with Crippen molar-refractivity contribution in [1.82, 2.24) is 9.29 Å². The molecule has 1 N–H and O–H groups in total. The van der Waals surface area contributed by atoms with E-state index in [-0.39, 0.29) is 16.5 Å². The van der Waals surface area contributed by atoms with Gasteiger partial charge in [0.15, 0.2) is 0 Å². The van der Waals surface area contributed by atoms with E-state index in [0.29, 0.717) is 35.9 Å². The highest BCUT2D eigenvalue weighted by Crippen LogP contribution is 2.39. The van der Waals surface area contributed by atoms with Crippen LogP contribution in [0.25, 0.3) is 10.9 Å². The number of halogens is 1. The molecule has 3 aromatic carbocycles. The van der Waals surface area contributed by atoms with Crippen LogP contribution in [0, 0.1) is 11.3 Å². The Labute approximate surface area is 203 Å². The van der Waals surface area contributed by atoms with Crippen molar-refractivity contribution in [2.24, 2.45) is 0 Å². The van der Waals surface area contributed by atoms with Crippen LogP contribution in [0.1, 0.15) is 36.2 Å². The molecular weight excluding hydrogens is 470 g/mol. The molecular formula is C26H22ClN3O3S. The van der Waals surface area contributed by atoms with Crippen molar-refractivity contribution in [2.45, 2.75) is 30.7 Å². The first-order chi connectivity index (χ1) is 16.4. The van der Waals surface area contributed by atoms with Gasteiger partial charge in [-0.2, -0.15) is 9.57 Å². The molecule has 1 aliphatic rings. The SMILES string of the molecule is CCC1c2[nH]c3ccccc3c2CCN1S(=O)(=O)c1ccc(Oc2cccc(Cl)c2C#N)cc1. The van der Waals surface area contributed by atoms with Crippen LogP contribution in [0.4, 0.5) is 0 Å². The molecule has 5 rings (SSSR count). The number of fused-ring (bicyclic) bond motifs is 3. The van der Waals surface area contributed by atoms with Gasteiger partial charge >= 0.3 is 0 Å². The molecule has 34 heavy (non-hydrogen) atoms. The number of hydrogen-bond acceptors (Lipinski definition) is 4. The number of ether oxygens (including phenoxy) is 1. The minimum Gasteiger partial charge on any atom is -0.456 e. The van der Waals surface area contributed by atoms with Crippen molar-refractivity contribution in [1.29, 1.82) is 5.26 Å². The highest BCUT2D eigenvalue weighted by atomic mass is 35.5. The number of benzene rings is 3. The molecule has 0 amide bonds. The summed E-state index contributed by atoms with van der Waals surface area (Å²) < 4.78 is 34.6. The largest absolute Gasteiger partial charge is 0.456 e.